The fourth-order valence-electron chi connectivity index (χ4n) is 4.76. The molecule has 0 aromatic heterocycles. The molecule has 184 valence electrons. The lowest BCUT2D eigenvalue weighted by atomic mass is 9.89. The van der Waals surface area contributed by atoms with E-state index in [2.05, 4.69) is 0 Å². The van der Waals surface area contributed by atoms with E-state index in [9.17, 15) is 19.7 Å². The molecule has 2 aliphatic rings. The van der Waals surface area contributed by atoms with Crippen LogP contribution < -0.4 is 19.4 Å². The molecular weight excluding hydrogens is 466 g/mol. The number of anilines is 2. The lowest BCUT2D eigenvalue weighted by Gasteiger charge is -2.29. The minimum atomic E-state index is -1.16. The molecule has 36 heavy (non-hydrogen) atoms. The molecule has 3 unspecified atom stereocenters. The summed E-state index contributed by atoms with van der Waals surface area (Å²) in [5.74, 6) is -1.64. The number of rotatable bonds is 6. The summed E-state index contributed by atoms with van der Waals surface area (Å²) < 4.78 is 10.7. The van der Waals surface area contributed by atoms with E-state index in [0.29, 0.717) is 11.4 Å². The Balaban J connectivity index is 1.68. The number of nitrogens with zero attached hydrogens (tertiary/aromatic N) is 3. The van der Waals surface area contributed by atoms with E-state index in [1.165, 1.54) is 31.4 Å². The van der Waals surface area contributed by atoms with E-state index in [1.54, 1.807) is 48.5 Å². The Morgan fingerprint density at radius 2 is 1.53 bits per heavy atom. The van der Waals surface area contributed by atoms with E-state index in [1.807, 2.05) is 13.0 Å². The molecule has 5 rings (SSSR count). The van der Waals surface area contributed by atoms with Crippen LogP contribution in [0.5, 0.6) is 11.5 Å². The van der Waals surface area contributed by atoms with Crippen LogP contribution in [0, 0.1) is 23.0 Å². The Hall–Kier alpha value is -4.44. The summed E-state index contributed by atoms with van der Waals surface area (Å²) in [6.07, 6.45) is -1.16. The number of carbonyl (C=O) groups is 2. The molecule has 0 spiro atoms. The maximum Gasteiger partial charge on any atom is 0.278 e. The van der Waals surface area contributed by atoms with Crippen molar-refractivity contribution in [3.8, 4) is 11.5 Å². The first kappa shape index (κ1) is 23.3. The molecule has 2 fully saturated rings. The molecular formula is C26H23N3O7. The molecule has 0 aliphatic carbocycles. The second kappa shape index (κ2) is 8.97. The minimum absolute atomic E-state index is 0.168. The number of benzene rings is 3. The van der Waals surface area contributed by atoms with Crippen molar-refractivity contribution in [2.24, 2.45) is 5.92 Å². The van der Waals surface area contributed by atoms with Gasteiger partial charge in [0.05, 0.1) is 42.1 Å². The molecule has 0 saturated carbocycles. The predicted molar refractivity (Wildman–Crippen MR) is 130 cm³/mol. The maximum atomic E-state index is 13.8. The number of para-hydroxylation sites is 1. The van der Waals surface area contributed by atoms with Crippen LogP contribution in [-0.4, -0.2) is 37.1 Å². The quantitative estimate of drug-likeness (QED) is 0.291. The lowest BCUT2D eigenvalue weighted by Crippen LogP contribution is -2.37. The molecule has 0 N–H and O–H groups in total. The van der Waals surface area contributed by atoms with Crippen molar-refractivity contribution in [1.82, 2.24) is 0 Å². The number of fused-ring (bicyclic) bond motifs is 1. The van der Waals surface area contributed by atoms with Crippen LogP contribution in [0.3, 0.4) is 0 Å². The number of hydrogen-bond donors (Lipinski definition) is 0. The van der Waals surface area contributed by atoms with Crippen LogP contribution in [-0.2, 0) is 14.4 Å². The summed E-state index contributed by atoms with van der Waals surface area (Å²) in [6, 6.07) is 17.6. The Labute approximate surface area is 206 Å². The molecule has 0 bridgehead atoms. The Kier molecular flexibility index (Phi) is 5.81. The van der Waals surface area contributed by atoms with Gasteiger partial charge in [-0.25, -0.2) is 9.96 Å². The van der Waals surface area contributed by atoms with Gasteiger partial charge in [0.2, 0.25) is 5.91 Å². The zero-order chi connectivity index (χ0) is 25.6. The second-order valence-electron chi connectivity index (χ2n) is 8.53. The number of methoxy groups -OCH3 is 2. The fraction of sp³-hybridized carbons (Fsp3) is 0.231. The van der Waals surface area contributed by atoms with Gasteiger partial charge in [-0.05, 0) is 37.3 Å². The van der Waals surface area contributed by atoms with E-state index in [-0.39, 0.29) is 22.7 Å². The number of nitro benzene ring substituents is 1. The van der Waals surface area contributed by atoms with Gasteiger partial charge in [0.1, 0.15) is 12.0 Å². The third-order valence-corrected chi connectivity index (χ3v) is 6.47. The average Bonchev–Trinajstić information content (AvgIpc) is 3.40. The third-order valence-electron chi connectivity index (χ3n) is 6.47. The molecule has 2 aliphatic heterocycles. The highest BCUT2D eigenvalue weighted by atomic mass is 16.7. The third kappa shape index (κ3) is 3.62. The van der Waals surface area contributed by atoms with Gasteiger partial charge in [-0.3, -0.25) is 24.5 Å². The summed E-state index contributed by atoms with van der Waals surface area (Å²) in [4.78, 5) is 46.0. The number of carbonyl (C=O) groups excluding carboxylic acids is 2. The van der Waals surface area contributed by atoms with Gasteiger partial charge in [0, 0.05) is 0 Å². The van der Waals surface area contributed by atoms with Crippen LogP contribution in [0.25, 0.3) is 0 Å². The van der Waals surface area contributed by atoms with Gasteiger partial charge in [-0.15, -0.1) is 0 Å². The molecule has 3 aromatic carbocycles. The number of amides is 2. The Bertz CT molecular complexity index is 1340. The highest BCUT2D eigenvalue weighted by Crippen LogP contribution is 2.51. The normalized spacial score (nSPS) is 21.0. The fourth-order valence-corrected chi connectivity index (χ4v) is 4.76. The smallest absolute Gasteiger partial charge is 0.278 e. The number of nitro groups is 1. The zero-order valence-corrected chi connectivity index (χ0v) is 19.8. The van der Waals surface area contributed by atoms with Crippen molar-refractivity contribution < 1.29 is 28.8 Å². The Morgan fingerprint density at radius 3 is 2.14 bits per heavy atom. The van der Waals surface area contributed by atoms with Gasteiger partial charge in [0.15, 0.2) is 17.6 Å². The van der Waals surface area contributed by atoms with Gasteiger partial charge in [-0.2, -0.15) is 0 Å². The van der Waals surface area contributed by atoms with Crippen molar-refractivity contribution in [3.05, 3.63) is 88.0 Å². The largest absolute Gasteiger partial charge is 0.493 e. The standard InChI is InChI=1S/C26H23N3O7/c1-15-9-11-16(12-10-15)27-25(30)22-23(18-13-20(34-2)21(35-3)14-19(18)29(32)33)28(36-24(22)26(27)31)17-7-5-4-6-8-17/h4-14,22-24H,1-3H3. The first-order chi connectivity index (χ1) is 17.3. The van der Waals surface area contributed by atoms with Crippen LogP contribution in [0.2, 0.25) is 0 Å². The van der Waals surface area contributed by atoms with Crippen molar-refractivity contribution in [2.45, 2.75) is 19.1 Å². The number of hydroxylamine groups is 1. The lowest BCUT2D eigenvalue weighted by molar-refractivity contribution is -0.385. The average molecular weight is 489 g/mol. The molecule has 2 amide bonds. The molecule has 10 nitrogen and oxygen atoms in total. The SMILES string of the molecule is COc1cc(C2C3C(=O)N(c4ccc(C)cc4)C(=O)C3ON2c2ccccc2)c([N+](=O)[O-])cc1OC. The molecule has 0 radical (unpaired) electrons. The van der Waals surface area contributed by atoms with Crippen LogP contribution in [0.1, 0.15) is 17.2 Å². The summed E-state index contributed by atoms with van der Waals surface area (Å²) in [7, 11) is 2.80. The number of hydrogen-bond acceptors (Lipinski definition) is 8. The van der Waals surface area contributed by atoms with Gasteiger partial charge in [0.25, 0.3) is 11.6 Å². The summed E-state index contributed by atoms with van der Waals surface area (Å²) in [6.45, 7) is 1.90. The van der Waals surface area contributed by atoms with Gasteiger partial charge >= 0.3 is 0 Å². The van der Waals surface area contributed by atoms with Crippen LogP contribution in [0.4, 0.5) is 17.1 Å². The molecule has 3 atom stereocenters. The summed E-state index contributed by atoms with van der Waals surface area (Å²) >= 11 is 0. The topological polar surface area (TPSA) is 111 Å². The monoisotopic (exact) mass is 489 g/mol. The second-order valence-corrected chi connectivity index (χ2v) is 8.53. The van der Waals surface area contributed by atoms with Crippen LogP contribution in [0.15, 0.2) is 66.7 Å². The van der Waals surface area contributed by atoms with E-state index in [0.717, 1.165) is 10.5 Å². The van der Waals surface area contributed by atoms with Crippen molar-refractivity contribution in [1.29, 1.82) is 0 Å². The van der Waals surface area contributed by atoms with Crippen molar-refractivity contribution in [2.75, 3.05) is 24.2 Å². The van der Waals surface area contributed by atoms with E-state index >= 15 is 0 Å². The van der Waals surface area contributed by atoms with Gasteiger partial charge < -0.3 is 9.47 Å². The number of aryl methyl sites for hydroxylation is 1. The highest BCUT2D eigenvalue weighted by Gasteiger charge is 2.61. The van der Waals surface area contributed by atoms with Gasteiger partial charge in [-0.1, -0.05) is 35.9 Å². The van der Waals surface area contributed by atoms with Crippen molar-refractivity contribution >= 4 is 28.9 Å². The molecule has 3 aromatic rings. The van der Waals surface area contributed by atoms with E-state index < -0.39 is 34.8 Å². The minimum Gasteiger partial charge on any atom is -0.493 e. The predicted octanol–water partition coefficient (Wildman–Crippen LogP) is 3.97. The maximum absolute atomic E-state index is 13.8. The Morgan fingerprint density at radius 1 is 0.889 bits per heavy atom. The first-order valence-electron chi connectivity index (χ1n) is 11.2. The van der Waals surface area contributed by atoms with Crippen LogP contribution >= 0.6 is 0 Å². The zero-order valence-electron chi connectivity index (χ0n) is 19.8. The molecule has 2 heterocycles. The first-order valence-corrected chi connectivity index (χ1v) is 11.2. The summed E-state index contributed by atoms with van der Waals surface area (Å²) in [5.41, 5.74) is 1.82. The molecule has 2 saturated heterocycles. The van der Waals surface area contributed by atoms with E-state index in [4.69, 9.17) is 14.3 Å². The highest BCUT2D eigenvalue weighted by molar-refractivity contribution is 6.24. The molecule has 10 heteroatoms. The summed E-state index contributed by atoms with van der Waals surface area (Å²) in [5, 5.41) is 13.5. The number of imide groups is 1. The number of ether oxygens (including phenoxy) is 2. The van der Waals surface area contributed by atoms with Crippen molar-refractivity contribution in [3.63, 3.8) is 0 Å².